The van der Waals surface area contributed by atoms with Crippen LogP contribution in [0.15, 0.2) is 48.5 Å². The molecule has 2 amide bonds. The molecule has 4 nitrogen and oxygen atoms in total. The van der Waals surface area contributed by atoms with E-state index in [-0.39, 0.29) is 13.1 Å². The van der Waals surface area contributed by atoms with Gasteiger partial charge in [0.15, 0.2) is 0 Å². The molecule has 0 atom stereocenters. The fraction of sp³-hybridized carbons (Fsp3) is 0.176. The van der Waals surface area contributed by atoms with E-state index >= 15 is 0 Å². The molecule has 114 valence electrons. The molecule has 2 aromatic carbocycles. The van der Waals surface area contributed by atoms with Crippen molar-refractivity contribution in [2.75, 3.05) is 0 Å². The van der Waals surface area contributed by atoms with Crippen molar-refractivity contribution in [3.63, 3.8) is 0 Å². The Morgan fingerprint density at radius 2 is 1.36 bits per heavy atom. The van der Waals surface area contributed by atoms with Crippen LogP contribution < -0.4 is 10.6 Å². The number of carbonyl (C=O) groups is 2. The second kappa shape index (κ2) is 7.36. The maximum atomic E-state index is 13.4. The van der Waals surface area contributed by atoms with Crippen LogP contribution in [-0.4, -0.2) is 11.8 Å². The minimum absolute atomic E-state index is 0.0245. The van der Waals surface area contributed by atoms with Crippen LogP contribution in [0.4, 0.5) is 4.39 Å². The summed E-state index contributed by atoms with van der Waals surface area (Å²) in [7, 11) is 0. The number of carbonyl (C=O) groups excluding carboxylic acids is 2. The van der Waals surface area contributed by atoms with E-state index in [2.05, 4.69) is 10.6 Å². The van der Waals surface area contributed by atoms with E-state index in [4.69, 9.17) is 0 Å². The van der Waals surface area contributed by atoms with Crippen molar-refractivity contribution in [1.29, 1.82) is 0 Å². The number of benzene rings is 2. The van der Waals surface area contributed by atoms with Crippen LogP contribution in [-0.2, 0) is 22.7 Å². The van der Waals surface area contributed by atoms with Crippen LogP contribution >= 0.6 is 0 Å². The van der Waals surface area contributed by atoms with E-state index in [1.54, 1.807) is 18.2 Å². The Labute approximate surface area is 128 Å². The Hall–Kier alpha value is -2.69. The quantitative estimate of drug-likeness (QED) is 0.849. The summed E-state index contributed by atoms with van der Waals surface area (Å²) in [6, 6.07) is 13.7. The average Bonchev–Trinajstić information content (AvgIpc) is 2.52. The van der Waals surface area contributed by atoms with Crippen molar-refractivity contribution in [2.24, 2.45) is 0 Å². The number of hydrogen-bond acceptors (Lipinski definition) is 2. The third-order valence-corrected chi connectivity index (χ3v) is 3.30. The molecule has 0 aliphatic heterocycles. The summed E-state index contributed by atoms with van der Waals surface area (Å²) in [6.07, 6.45) is 0. The lowest BCUT2D eigenvalue weighted by molar-refractivity contribution is -0.139. The van der Waals surface area contributed by atoms with E-state index < -0.39 is 17.6 Å². The summed E-state index contributed by atoms with van der Waals surface area (Å²) in [5.41, 5.74) is 2.31. The molecule has 0 fully saturated rings. The predicted octanol–water partition coefficient (Wildman–Crippen LogP) is 2.07. The first-order valence-corrected chi connectivity index (χ1v) is 6.92. The van der Waals surface area contributed by atoms with Crippen molar-refractivity contribution in [1.82, 2.24) is 10.6 Å². The molecule has 0 aromatic heterocycles. The van der Waals surface area contributed by atoms with Gasteiger partial charge in [0.1, 0.15) is 5.82 Å². The van der Waals surface area contributed by atoms with Crippen LogP contribution in [0.5, 0.6) is 0 Å². The zero-order valence-corrected chi connectivity index (χ0v) is 12.2. The summed E-state index contributed by atoms with van der Waals surface area (Å²) < 4.78 is 13.4. The van der Waals surface area contributed by atoms with Crippen LogP contribution in [0.3, 0.4) is 0 Å². The molecule has 0 aliphatic rings. The summed E-state index contributed by atoms with van der Waals surface area (Å²) in [6.45, 7) is 2.18. The molecule has 0 heterocycles. The normalized spacial score (nSPS) is 10.1. The SMILES string of the molecule is Cc1ccccc1CNC(=O)C(=O)NCc1ccccc1F. The van der Waals surface area contributed by atoms with Crippen molar-refractivity contribution in [3.8, 4) is 0 Å². The van der Waals surface area contributed by atoms with Gasteiger partial charge in [-0.3, -0.25) is 9.59 Å². The van der Waals surface area contributed by atoms with Crippen LogP contribution in [0, 0.1) is 12.7 Å². The van der Waals surface area contributed by atoms with Gasteiger partial charge in [-0.15, -0.1) is 0 Å². The van der Waals surface area contributed by atoms with Gasteiger partial charge in [-0.25, -0.2) is 4.39 Å². The smallest absolute Gasteiger partial charge is 0.309 e. The van der Waals surface area contributed by atoms with Gasteiger partial charge < -0.3 is 10.6 Å². The lowest BCUT2D eigenvalue weighted by Gasteiger charge is -2.08. The molecule has 2 N–H and O–H groups in total. The number of amides is 2. The molecule has 0 saturated carbocycles. The second-order valence-electron chi connectivity index (χ2n) is 4.88. The second-order valence-corrected chi connectivity index (χ2v) is 4.88. The highest BCUT2D eigenvalue weighted by Gasteiger charge is 2.13. The molecule has 5 heteroatoms. The predicted molar refractivity (Wildman–Crippen MR) is 81.3 cm³/mol. The largest absolute Gasteiger partial charge is 0.344 e. The maximum absolute atomic E-state index is 13.4. The van der Waals surface area contributed by atoms with Crippen LogP contribution in [0.2, 0.25) is 0 Å². The zero-order valence-electron chi connectivity index (χ0n) is 12.2. The number of hydrogen-bond donors (Lipinski definition) is 2. The summed E-state index contributed by atoms with van der Waals surface area (Å²) in [4.78, 5) is 23.4. The Morgan fingerprint density at radius 1 is 0.864 bits per heavy atom. The highest BCUT2D eigenvalue weighted by molar-refractivity contribution is 6.35. The Morgan fingerprint density at radius 3 is 1.95 bits per heavy atom. The lowest BCUT2D eigenvalue weighted by atomic mass is 10.1. The topological polar surface area (TPSA) is 58.2 Å². The van der Waals surface area contributed by atoms with E-state index in [0.717, 1.165) is 11.1 Å². The van der Waals surface area contributed by atoms with Gasteiger partial charge in [0.05, 0.1) is 0 Å². The van der Waals surface area contributed by atoms with Crippen molar-refractivity contribution in [3.05, 3.63) is 71.0 Å². The monoisotopic (exact) mass is 300 g/mol. The van der Waals surface area contributed by atoms with Crippen LogP contribution in [0.1, 0.15) is 16.7 Å². The molecular formula is C17H17FN2O2. The number of rotatable bonds is 4. The van der Waals surface area contributed by atoms with E-state index in [1.807, 2.05) is 31.2 Å². The number of nitrogens with one attached hydrogen (secondary N) is 2. The minimum Gasteiger partial charge on any atom is -0.344 e. The fourth-order valence-corrected chi connectivity index (χ4v) is 1.96. The van der Waals surface area contributed by atoms with Gasteiger partial charge in [0.2, 0.25) is 0 Å². The molecular weight excluding hydrogens is 283 g/mol. The lowest BCUT2D eigenvalue weighted by Crippen LogP contribution is -2.39. The van der Waals surface area contributed by atoms with Crippen molar-refractivity contribution in [2.45, 2.75) is 20.0 Å². The number of aryl methyl sites for hydroxylation is 1. The first-order valence-electron chi connectivity index (χ1n) is 6.92. The Bertz CT molecular complexity index is 626. The summed E-state index contributed by atoms with van der Waals surface area (Å²) in [5.74, 6) is -1.93. The highest BCUT2D eigenvalue weighted by atomic mass is 19.1. The summed E-state index contributed by atoms with van der Waals surface area (Å²) >= 11 is 0. The first-order chi connectivity index (χ1) is 10.6. The number of halogens is 1. The molecule has 0 aliphatic carbocycles. The van der Waals surface area contributed by atoms with Crippen molar-refractivity contribution >= 4 is 11.8 Å². The van der Waals surface area contributed by atoms with Crippen LogP contribution in [0.25, 0.3) is 0 Å². The molecule has 0 spiro atoms. The molecule has 2 aromatic rings. The van der Waals surface area contributed by atoms with E-state index in [1.165, 1.54) is 6.07 Å². The first kappa shape index (κ1) is 15.7. The van der Waals surface area contributed by atoms with Crippen molar-refractivity contribution < 1.29 is 14.0 Å². The molecule has 22 heavy (non-hydrogen) atoms. The van der Waals surface area contributed by atoms with Gasteiger partial charge in [-0.05, 0) is 24.1 Å². The van der Waals surface area contributed by atoms with E-state index in [9.17, 15) is 14.0 Å². The molecule has 0 radical (unpaired) electrons. The third kappa shape index (κ3) is 4.15. The molecule has 0 unspecified atom stereocenters. The molecule has 0 bridgehead atoms. The molecule has 0 saturated heterocycles. The highest BCUT2D eigenvalue weighted by Crippen LogP contribution is 2.06. The Balaban J connectivity index is 1.84. The van der Waals surface area contributed by atoms with Gasteiger partial charge in [-0.2, -0.15) is 0 Å². The fourth-order valence-electron chi connectivity index (χ4n) is 1.96. The standard InChI is InChI=1S/C17H17FN2O2/c1-12-6-2-3-7-13(12)10-19-16(21)17(22)20-11-14-8-4-5-9-15(14)18/h2-9H,10-11H2,1H3,(H,19,21)(H,20,22). The van der Waals surface area contributed by atoms with Gasteiger partial charge in [-0.1, -0.05) is 42.5 Å². The molecule has 2 rings (SSSR count). The van der Waals surface area contributed by atoms with Gasteiger partial charge in [0, 0.05) is 18.7 Å². The van der Waals surface area contributed by atoms with Gasteiger partial charge >= 0.3 is 11.8 Å². The zero-order chi connectivity index (χ0) is 15.9. The third-order valence-electron chi connectivity index (χ3n) is 3.30. The minimum atomic E-state index is -0.781. The maximum Gasteiger partial charge on any atom is 0.309 e. The van der Waals surface area contributed by atoms with E-state index in [0.29, 0.717) is 5.56 Å². The summed E-state index contributed by atoms with van der Waals surface area (Å²) in [5, 5.41) is 4.95. The Kier molecular flexibility index (Phi) is 5.25. The average molecular weight is 300 g/mol. The van der Waals surface area contributed by atoms with Gasteiger partial charge in [0.25, 0.3) is 0 Å².